The largest absolute Gasteiger partial charge is 0.378 e. The number of carbonyl (C=O) groups excluding carboxylic acids is 2. The average molecular weight is 490 g/mol. The third-order valence-corrected chi connectivity index (χ3v) is 6.84. The minimum absolute atomic E-state index is 0.0658. The minimum atomic E-state index is -0.660. The van der Waals surface area contributed by atoms with E-state index in [0.717, 1.165) is 42.6 Å². The number of nitrogens with one attached hydrogen (secondary N) is 1. The van der Waals surface area contributed by atoms with Crippen LogP contribution in [-0.4, -0.2) is 76.2 Å². The van der Waals surface area contributed by atoms with Gasteiger partial charge in [-0.3, -0.25) is 14.3 Å². The monoisotopic (exact) mass is 489 g/mol. The molecular weight excluding hydrogens is 458 g/mol. The third kappa shape index (κ3) is 4.56. The molecule has 0 radical (unpaired) electrons. The zero-order valence-electron chi connectivity index (χ0n) is 20.8. The van der Waals surface area contributed by atoms with Crippen LogP contribution in [-0.2, 0) is 13.5 Å². The molecule has 0 aliphatic carbocycles. The predicted octanol–water partition coefficient (Wildman–Crippen LogP) is 1.79. The Bertz CT molecular complexity index is 1300. The van der Waals surface area contributed by atoms with E-state index in [1.54, 1.807) is 30.3 Å². The SMILES string of the molecule is CN(C)c1ccc2c(c1)CCN([C@@H]1CCCN(c3cnc(C(N)=O)c(Nc4cnn(C)c4)n3)C1)C2=O. The first-order chi connectivity index (χ1) is 17.3. The molecule has 3 N–H and O–H groups in total. The maximum absolute atomic E-state index is 13.4. The molecule has 4 heterocycles. The van der Waals surface area contributed by atoms with Gasteiger partial charge in [-0.2, -0.15) is 5.10 Å². The summed E-state index contributed by atoms with van der Waals surface area (Å²) in [6.07, 6.45) is 7.68. The first-order valence-electron chi connectivity index (χ1n) is 12.1. The lowest BCUT2D eigenvalue weighted by Crippen LogP contribution is -2.52. The van der Waals surface area contributed by atoms with Crippen molar-refractivity contribution in [2.24, 2.45) is 12.8 Å². The van der Waals surface area contributed by atoms with Crippen LogP contribution in [0.5, 0.6) is 0 Å². The van der Waals surface area contributed by atoms with Gasteiger partial charge in [0.2, 0.25) is 0 Å². The summed E-state index contributed by atoms with van der Waals surface area (Å²) in [5, 5.41) is 7.24. The second kappa shape index (κ2) is 9.48. The lowest BCUT2D eigenvalue weighted by atomic mass is 9.94. The molecule has 2 aliphatic rings. The molecule has 1 saturated heterocycles. The van der Waals surface area contributed by atoms with E-state index in [1.165, 1.54) is 0 Å². The number of rotatable bonds is 6. The molecule has 11 heteroatoms. The van der Waals surface area contributed by atoms with Crippen molar-refractivity contribution in [3.8, 4) is 0 Å². The molecule has 1 aromatic carbocycles. The van der Waals surface area contributed by atoms with Gasteiger partial charge >= 0.3 is 0 Å². The maximum atomic E-state index is 13.4. The maximum Gasteiger partial charge on any atom is 0.271 e. The van der Waals surface area contributed by atoms with Crippen molar-refractivity contribution in [2.75, 3.05) is 48.8 Å². The number of piperidine rings is 1. The Morgan fingerprint density at radius 3 is 2.78 bits per heavy atom. The Hall–Kier alpha value is -4.15. The van der Waals surface area contributed by atoms with Crippen LogP contribution in [0.1, 0.15) is 39.3 Å². The van der Waals surface area contributed by atoms with Gasteiger partial charge in [0, 0.05) is 64.3 Å². The van der Waals surface area contributed by atoms with Gasteiger partial charge in [0.1, 0.15) is 5.82 Å². The second-order valence-electron chi connectivity index (χ2n) is 9.54. The van der Waals surface area contributed by atoms with E-state index >= 15 is 0 Å². The summed E-state index contributed by atoms with van der Waals surface area (Å²) in [4.78, 5) is 40.6. The van der Waals surface area contributed by atoms with Crippen LogP contribution in [0.25, 0.3) is 0 Å². The number of carbonyl (C=O) groups is 2. The molecular formula is C25H31N9O2. The molecule has 188 valence electrons. The standard InChI is InChI=1S/C25H31N9O2/c1-31(2)18-6-7-20-16(11-18)8-10-34(25(20)36)19-5-4-9-33(15-19)21-13-27-22(23(26)35)24(30-21)29-17-12-28-32(3)14-17/h6-7,11-14,19H,4-5,8-10,15H2,1-3H3,(H2,26,35)(H,29,30)/t19-/m1/s1. The van der Waals surface area contributed by atoms with Gasteiger partial charge in [-0.1, -0.05) is 0 Å². The number of hydrogen-bond acceptors (Lipinski definition) is 8. The Labute approximate surface area is 209 Å². The van der Waals surface area contributed by atoms with E-state index in [1.807, 2.05) is 31.1 Å². The molecule has 2 aromatic heterocycles. The third-order valence-electron chi connectivity index (χ3n) is 6.84. The van der Waals surface area contributed by atoms with Crippen molar-refractivity contribution in [1.29, 1.82) is 0 Å². The van der Waals surface area contributed by atoms with Crippen LogP contribution in [0.15, 0.2) is 36.8 Å². The van der Waals surface area contributed by atoms with Crippen LogP contribution in [0.2, 0.25) is 0 Å². The molecule has 2 amide bonds. The highest BCUT2D eigenvalue weighted by Gasteiger charge is 2.33. The normalized spacial score (nSPS) is 17.6. The Kier molecular flexibility index (Phi) is 6.21. The number of primary amides is 1. The van der Waals surface area contributed by atoms with Gasteiger partial charge in [0.15, 0.2) is 11.5 Å². The van der Waals surface area contributed by atoms with E-state index in [2.05, 4.69) is 36.2 Å². The molecule has 1 fully saturated rings. The zero-order valence-corrected chi connectivity index (χ0v) is 20.8. The highest BCUT2D eigenvalue weighted by atomic mass is 16.2. The van der Waals surface area contributed by atoms with E-state index < -0.39 is 5.91 Å². The van der Waals surface area contributed by atoms with Crippen molar-refractivity contribution < 1.29 is 9.59 Å². The van der Waals surface area contributed by atoms with E-state index in [-0.39, 0.29) is 23.5 Å². The van der Waals surface area contributed by atoms with Crippen LogP contribution in [0, 0.1) is 0 Å². The quantitative estimate of drug-likeness (QED) is 0.537. The van der Waals surface area contributed by atoms with Gasteiger partial charge in [-0.15, -0.1) is 0 Å². The molecule has 2 aliphatic heterocycles. The molecule has 36 heavy (non-hydrogen) atoms. The summed E-state index contributed by atoms with van der Waals surface area (Å²) in [7, 11) is 5.81. The number of aryl methyl sites for hydroxylation is 1. The molecule has 0 spiro atoms. The lowest BCUT2D eigenvalue weighted by Gasteiger charge is -2.41. The van der Waals surface area contributed by atoms with Crippen molar-refractivity contribution >= 4 is 34.8 Å². The fourth-order valence-electron chi connectivity index (χ4n) is 4.96. The zero-order chi connectivity index (χ0) is 25.4. The lowest BCUT2D eigenvalue weighted by molar-refractivity contribution is 0.0641. The van der Waals surface area contributed by atoms with Crippen molar-refractivity contribution in [3.05, 3.63) is 53.6 Å². The van der Waals surface area contributed by atoms with E-state index in [9.17, 15) is 9.59 Å². The Balaban J connectivity index is 1.36. The molecule has 0 unspecified atom stereocenters. The number of hydrogen-bond donors (Lipinski definition) is 2. The highest BCUT2D eigenvalue weighted by Crippen LogP contribution is 2.29. The van der Waals surface area contributed by atoms with Crippen LogP contribution >= 0.6 is 0 Å². The van der Waals surface area contributed by atoms with Crippen molar-refractivity contribution in [1.82, 2.24) is 24.6 Å². The second-order valence-corrected chi connectivity index (χ2v) is 9.54. The first kappa shape index (κ1) is 23.6. The van der Waals surface area contributed by atoms with E-state index in [0.29, 0.717) is 24.6 Å². The van der Waals surface area contributed by atoms with Gasteiger partial charge in [-0.25, -0.2) is 9.97 Å². The summed E-state index contributed by atoms with van der Waals surface area (Å²) in [6.45, 7) is 2.13. The van der Waals surface area contributed by atoms with Crippen molar-refractivity contribution in [3.63, 3.8) is 0 Å². The summed E-state index contributed by atoms with van der Waals surface area (Å²) in [5.41, 5.74) is 9.28. The summed E-state index contributed by atoms with van der Waals surface area (Å²) in [6, 6.07) is 6.13. The Morgan fingerprint density at radius 2 is 2.06 bits per heavy atom. The van der Waals surface area contributed by atoms with Gasteiger partial charge in [0.05, 0.1) is 18.1 Å². The molecule has 1 atom stereocenters. The topological polar surface area (TPSA) is 126 Å². The molecule has 5 rings (SSSR count). The number of benzene rings is 1. The summed E-state index contributed by atoms with van der Waals surface area (Å²) >= 11 is 0. The molecule has 0 saturated carbocycles. The van der Waals surface area contributed by atoms with Gasteiger partial charge in [0.25, 0.3) is 11.8 Å². The van der Waals surface area contributed by atoms with Crippen LogP contribution in [0.3, 0.4) is 0 Å². The molecule has 11 nitrogen and oxygen atoms in total. The highest BCUT2D eigenvalue weighted by molar-refractivity contribution is 5.98. The Morgan fingerprint density at radius 1 is 1.22 bits per heavy atom. The number of amides is 2. The molecule has 3 aromatic rings. The molecule has 0 bridgehead atoms. The van der Waals surface area contributed by atoms with Crippen LogP contribution < -0.4 is 20.9 Å². The number of nitrogens with two attached hydrogens (primary N) is 1. The summed E-state index contributed by atoms with van der Waals surface area (Å²) < 4.78 is 1.65. The minimum Gasteiger partial charge on any atom is -0.378 e. The fraction of sp³-hybridized carbons (Fsp3) is 0.400. The first-order valence-corrected chi connectivity index (χ1v) is 12.1. The smallest absolute Gasteiger partial charge is 0.271 e. The van der Waals surface area contributed by atoms with Crippen molar-refractivity contribution in [2.45, 2.75) is 25.3 Å². The number of aromatic nitrogens is 4. The number of nitrogens with zero attached hydrogens (tertiary/aromatic N) is 7. The predicted molar refractivity (Wildman–Crippen MR) is 138 cm³/mol. The average Bonchev–Trinajstić information content (AvgIpc) is 3.28. The van der Waals surface area contributed by atoms with Gasteiger partial charge < -0.3 is 25.8 Å². The van der Waals surface area contributed by atoms with Gasteiger partial charge in [-0.05, 0) is 43.0 Å². The van der Waals surface area contributed by atoms with Crippen LogP contribution in [0.4, 0.5) is 23.0 Å². The van der Waals surface area contributed by atoms with E-state index in [4.69, 9.17) is 5.73 Å². The number of fused-ring (bicyclic) bond motifs is 1. The number of anilines is 4. The fourth-order valence-corrected chi connectivity index (χ4v) is 4.96. The summed E-state index contributed by atoms with van der Waals surface area (Å²) in [5.74, 6) is 0.348.